The largest absolute Gasteiger partial charge is 0.444 e. The molecule has 4 nitrogen and oxygen atoms in total. The number of hydrogen-bond donors (Lipinski definition) is 0. The molecule has 3 aliphatic rings. The highest BCUT2D eigenvalue weighted by atomic mass is 16.6. The van der Waals surface area contributed by atoms with E-state index < -0.39 is 0 Å². The van der Waals surface area contributed by atoms with Crippen molar-refractivity contribution < 1.29 is 9.53 Å². The van der Waals surface area contributed by atoms with Crippen LogP contribution in [0, 0.1) is 5.92 Å². The van der Waals surface area contributed by atoms with Crippen molar-refractivity contribution in [3.63, 3.8) is 0 Å². The highest BCUT2D eigenvalue weighted by Crippen LogP contribution is 2.41. The Labute approximate surface area is 103 Å². The number of carbonyl (C=O) groups is 1. The van der Waals surface area contributed by atoms with E-state index >= 15 is 0 Å². The summed E-state index contributed by atoms with van der Waals surface area (Å²) in [7, 11) is 0. The van der Waals surface area contributed by atoms with Crippen molar-refractivity contribution in [3.05, 3.63) is 0 Å². The molecule has 4 heteroatoms. The van der Waals surface area contributed by atoms with Crippen molar-refractivity contribution in [2.24, 2.45) is 5.92 Å². The van der Waals surface area contributed by atoms with Crippen LogP contribution in [-0.2, 0) is 4.74 Å². The lowest BCUT2D eigenvalue weighted by molar-refractivity contribution is -0.0152. The molecule has 3 fully saturated rings. The van der Waals surface area contributed by atoms with Gasteiger partial charge < -0.3 is 4.74 Å². The lowest BCUT2D eigenvalue weighted by Gasteiger charge is -2.44. The van der Waals surface area contributed by atoms with Gasteiger partial charge in [0.05, 0.1) is 6.04 Å². The summed E-state index contributed by atoms with van der Waals surface area (Å²) in [5.41, 5.74) is -0.382. The fraction of sp³-hybridized carbons (Fsp3) is 0.923. The molecule has 3 heterocycles. The molecule has 4 atom stereocenters. The van der Waals surface area contributed by atoms with Crippen molar-refractivity contribution in [2.45, 2.75) is 51.3 Å². The molecule has 1 amide bonds. The molecule has 96 valence electrons. The number of rotatable bonds is 0. The van der Waals surface area contributed by atoms with Gasteiger partial charge in [-0.15, -0.1) is 0 Å². The Bertz CT molecular complexity index is 333. The van der Waals surface area contributed by atoms with Crippen molar-refractivity contribution >= 4 is 6.09 Å². The van der Waals surface area contributed by atoms with Gasteiger partial charge in [-0.1, -0.05) is 0 Å². The van der Waals surface area contributed by atoms with E-state index in [-0.39, 0.29) is 11.7 Å². The molecule has 3 aliphatic heterocycles. The van der Waals surface area contributed by atoms with E-state index in [1.807, 2.05) is 25.7 Å². The number of piperazine rings is 1. The summed E-state index contributed by atoms with van der Waals surface area (Å²) >= 11 is 0. The van der Waals surface area contributed by atoms with Gasteiger partial charge in [-0.3, -0.25) is 9.80 Å². The van der Waals surface area contributed by atoms with Crippen molar-refractivity contribution in [1.82, 2.24) is 9.80 Å². The first-order valence-corrected chi connectivity index (χ1v) is 6.68. The SMILES string of the molecule is CC(C)(C)OC(=O)N1C2CC3CCN(C2)CC31. The molecule has 3 rings (SSSR count). The maximum atomic E-state index is 12.2. The lowest BCUT2D eigenvalue weighted by Crippen LogP contribution is -2.59. The van der Waals surface area contributed by atoms with E-state index in [0.717, 1.165) is 13.1 Å². The molecule has 3 saturated heterocycles. The molecule has 0 aliphatic carbocycles. The number of hydrogen-bond acceptors (Lipinski definition) is 3. The van der Waals surface area contributed by atoms with Gasteiger partial charge in [0.1, 0.15) is 5.60 Å². The molecule has 0 radical (unpaired) electrons. The maximum Gasteiger partial charge on any atom is 0.410 e. The monoisotopic (exact) mass is 238 g/mol. The van der Waals surface area contributed by atoms with Gasteiger partial charge in [-0.25, -0.2) is 4.79 Å². The third-order valence-corrected chi connectivity index (χ3v) is 4.20. The Morgan fingerprint density at radius 1 is 1.29 bits per heavy atom. The number of fused-ring (bicyclic) bond motifs is 2. The number of nitrogens with zero attached hydrogens (tertiary/aromatic N) is 2. The predicted molar refractivity (Wildman–Crippen MR) is 64.8 cm³/mol. The van der Waals surface area contributed by atoms with Crippen LogP contribution in [0.3, 0.4) is 0 Å². The molecule has 0 N–H and O–H groups in total. The minimum Gasteiger partial charge on any atom is -0.444 e. The molecule has 0 spiro atoms. The van der Waals surface area contributed by atoms with Crippen LogP contribution in [0.15, 0.2) is 0 Å². The van der Waals surface area contributed by atoms with Crippen LogP contribution in [0.25, 0.3) is 0 Å². The minimum atomic E-state index is -0.382. The summed E-state index contributed by atoms with van der Waals surface area (Å²) in [6.07, 6.45) is 2.33. The van der Waals surface area contributed by atoms with Crippen LogP contribution < -0.4 is 0 Å². The topological polar surface area (TPSA) is 32.8 Å². The van der Waals surface area contributed by atoms with Crippen molar-refractivity contribution in [1.29, 1.82) is 0 Å². The molecular weight excluding hydrogens is 216 g/mol. The van der Waals surface area contributed by atoms with Crippen molar-refractivity contribution in [3.8, 4) is 0 Å². The van der Waals surface area contributed by atoms with Gasteiger partial charge in [-0.2, -0.15) is 0 Å². The zero-order valence-electron chi connectivity index (χ0n) is 11.0. The van der Waals surface area contributed by atoms with Crippen LogP contribution in [0.2, 0.25) is 0 Å². The highest BCUT2D eigenvalue weighted by molar-refractivity contribution is 5.70. The Kier molecular flexibility index (Phi) is 2.41. The minimum absolute atomic E-state index is 0.100. The second-order valence-electron chi connectivity index (χ2n) is 6.65. The summed E-state index contributed by atoms with van der Waals surface area (Å²) in [5, 5.41) is 0. The fourth-order valence-corrected chi connectivity index (χ4v) is 3.59. The molecule has 0 aromatic rings. The molecule has 3 bridgehead atoms. The standard InChI is InChI=1S/C13H22N2O2/c1-13(2,3)17-12(16)15-10-6-9-4-5-14(7-10)8-11(9)15/h9-11H,4-8H2,1-3H3. The molecule has 0 saturated carbocycles. The number of ether oxygens (including phenoxy) is 1. The summed E-state index contributed by atoms with van der Waals surface area (Å²) in [4.78, 5) is 16.8. The summed E-state index contributed by atoms with van der Waals surface area (Å²) < 4.78 is 5.53. The first-order valence-electron chi connectivity index (χ1n) is 6.68. The van der Waals surface area contributed by atoms with E-state index in [0.29, 0.717) is 18.0 Å². The molecule has 4 unspecified atom stereocenters. The fourth-order valence-electron chi connectivity index (χ4n) is 3.59. The first-order chi connectivity index (χ1) is 7.94. The Hall–Kier alpha value is -0.770. The Balaban J connectivity index is 1.75. The second kappa shape index (κ2) is 3.61. The van der Waals surface area contributed by atoms with E-state index in [1.54, 1.807) is 0 Å². The zero-order chi connectivity index (χ0) is 12.2. The van der Waals surface area contributed by atoms with Gasteiger partial charge in [-0.05, 0) is 46.1 Å². The Morgan fingerprint density at radius 2 is 2.06 bits per heavy atom. The average molecular weight is 238 g/mol. The molecule has 17 heavy (non-hydrogen) atoms. The predicted octanol–water partition coefficient (Wildman–Crippen LogP) is 1.70. The second-order valence-corrected chi connectivity index (χ2v) is 6.65. The van der Waals surface area contributed by atoms with Gasteiger partial charge in [0, 0.05) is 19.1 Å². The molecular formula is C13H22N2O2. The van der Waals surface area contributed by atoms with Crippen LogP contribution in [0.4, 0.5) is 4.79 Å². The van der Waals surface area contributed by atoms with Crippen LogP contribution in [-0.4, -0.2) is 53.2 Å². The lowest BCUT2D eigenvalue weighted by atomic mass is 9.93. The number of amides is 1. The van der Waals surface area contributed by atoms with Gasteiger partial charge in [0.25, 0.3) is 0 Å². The first kappa shape index (κ1) is 11.3. The van der Waals surface area contributed by atoms with Crippen LogP contribution in [0.1, 0.15) is 33.6 Å². The summed E-state index contributed by atoms with van der Waals surface area (Å²) in [5.74, 6) is 0.714. The average Bonchev–Trinajstić information content (AvgIpc) is 2.34. The third kappa shape index (κ3) is 1.92. The van der Waals surface area contributed by atoms with Crippen LogP contribution >= 0.6 is 0 Å². The third-order valence-electron chi connectivity index (χ3n) is 4.20. The van der Waals surface area contributed by atoms with E-state index in [4.69, 9.17) is 4.74 Å². The molecule has 0 aromatic heterocycles. The summed E-state index contributed by atoms with van der Waals surface area (Å²) in [6, 6.07) is 0.813. The Morgan fingerprint density at radius 3 is 2.76 bits per heavy atom. The van der Waals surface area contributed by atoms with E-state index in [9.17, 15) is 4.79 Å². The van der Waals surface area contributed by atoms with Crippen LogP contribution in [0.5, 0.6) is 0 Å². The zero-order valence-corrected chi connectivity index (χ0v) is 11.0. The highest BCUT2D eigenvalue weighted by Gasteiger charge is 2.51. The smallest absolute Gasteiger partial charge is 0.410 e. The quantitative estimate of drug-likeness (QED) is 0.644. The van der Waals surface area contributed by atoms with E-state index in [2.05, 4.69) is 4.90 Å². The van der Waals surface area contributed by atoms with Crippen molar-refractivity contribution in [2.75, 3.05) is 19.6 Å². The van der Waals surface area contributed by atoms with Gasteiger partial charge in [0.15, 0.2) is 0 Å². The molecule has 0 aromatic carbocycles. The maximum absolute atomic E-state index is 12.2. The van der Waals surface area contributed by atoms with E-state index in [1.165, 1.54) is 19.4 Å². The number of piperidine rings is 1. The normalized spacial score (nSPS) is 39.6. The van der Waals surface area contributed by atoms with Gasteiger partial charge >= 0.3 is 6.09 Å². The summed E-state index contributed by atoms with van der Waals surface area (Å²) in [6.45, 7) is 9.14. The van der Waals surface area contributed by atoms with Gasteiger partial charge in [0.2, 0.25) is 0 Å². The number of carbonyl (C=O) groups excluding carboxylic acids is 1.